The van der Waals surface area contributed by atoms with E-state index in [1.807, 2.05) is 17.5 Å². The van der Waals surface area contributed by atoms with Crippen molar-refractivity contribution in [1.82, 2.24) is 24.3 Å². The molecule has 0 fully saturated rings. The summed E-state index contributed by atoms with van der Waals surface area (Å²) < 4.78 is 1.92. The Balaban J connectivity index is 1.99. The average molecular weight is 288 g/mol. The van der Waals surface area contributed by atoms with Gasteiger partial charge >= 0.3 is 0 Å². The van der Waals surface area contributed by atoms with E-state index in [0.717, 1.165) is 11.3 Å². The lowest BCUT2D eigenvalue weighted by Gasteiger charge is -2.05. The number of nitrogens with zero attached hydrogens (tertiary/aromatic N) is 5. The Kier molecular flexibility index (Phi) is 3.69. The van der Waals surface area contributed by atoms with Crippen molar-refractivity contribution in [3.8, 4) is 11.3 Å². The van der Waals surface area contributed by atoms with E-state index in [1.54, 1.807) is 24.8 Å². The van der Waals surface area contributed by atoms with Gasteiger partial charge in [-0.05, 0) is 6.92 Å². The predicted molar refractivity (Wildman–Crippen MR) is 76.9 cm³/mol. The SMILES string of the molecule is CCOn1cc(-c2cnc3c(NCCO)nccn23)cn1. The molecule has 0 amide bonds. The number of fused-ring (bicyclic) bond motifs is 1. The van der Waals surface area contributed by atoms with Crippen LogP contribution in [0, 0.1) is 0 Å². The first-order valence-corrected chi connectivity index (χ1v) is 6.68. The topological polar surface area (TPSA) is 89.5 Å². The van der Waals surface area contributed by atoms with Crippen molar-refractivity contribution in [3.05, 3.63) is 31.0 Å². The lowest BCUT2D eigenvalue weighted by Crippen LogP contribution is -2.10. The van der Waals surface area contributed by atoms with Gasteiger partial charge in [0.2, 0.25) is 0 Å². The number of anilines is 1. The van der Waals surface area contributed by atoms with E-state index < -0.39 is 0 Å². The number of aliphatic hydroxyl groups excluding tert-OH is 1. The Labute approximate surface area is 121 Å². The van der Waals surface area contributed by atoms with Crippen LogP contribution in [0.3, 0.4) is 0 Å². The fourth-order valence-electron chi connectivity index (χ4n) is 2.07. The zero-order chi connectivity index (χ0) is 14.7. The molecule has 8 nitrogen and oxygen atoms in total. The largest absolute Gasteiger partial charge is 0.397 e. The van der Waals surface area contributed by atoms with Gasteiger partial charge < -0.3 is 15.3 Å². The minimum Gasteiger partial charge on any atom is -0.397 e. The van der Waals surface area contributed by atoms with Crippen LogP contribution in [0.2, 0.25) is 0 Å². The molecular weight excluding hydrogens is 272 g/mol. The second-order valence-electron chi connectivity index (χ2n) is 4.31. The van der Waals surface area contributed by atoms with Crippen LogP contribution >= 0.6 is 0 Å². The van der Waals surface area contributed by atoms with Gasteiger partial charge in [0.05, 0.1) is 30.9 Å². The van der Waals surface area contributed by atoms with Crippen molar-refractivity contribution >= 4 is 11.5 Å². The lowest BCUT2D eigenvalue weighted by atomic mass is 10.3. The quantitative estimate of drug-likeness (QED) is 0.684. The third-order valence-corrected chi connectivity index (χ3v) is 2.95. The Morgan fingerprint density at radius 2 is 2.24 bits per heavy atom. The Morgan fingerprint density at radius 3 is 3.05 bits per heavy atom. The number of imidazole rings is 1. The maximum absolute atomic E-state index is 8.89. The highest BCUT2D eigenvalue weighted by molar-refractivity contribution is 5.69. The van der Waals surface area contributed by atoms with E-state index in [0.29, 0.717) is 24.6 Å². The maximum atomic E-state index is 8.89. The molecule has 8 heteroatoms. The van der Waals surface area contributed by atoms with Crippen molar-refractivity contribution in [1.29, 1.82) is 0 Å². The molecule has 3 rings (SSSR count). The van der Waals surface area contributed by atoms with Crippen LogP contribution in [0.4, 0.5) is 5.82 Å². The van der Waals surface area contributed by atoms with Crippen molar-refractivity contribution in [3.63, 3.8) is 0 Å². The lowest BCUT2D eigenvalue weighted by molar-refractivity contribution is 0.0928. The predicted octanol–water partition coefficient (Wildman–Crippen LogP) is 0.445. The van der Waals surface area contributed by atoms with Crippen molar-refractivity contribution in [2.24, 2.45) is 0 Å². The summed E-state index contributed by atoms with van der Waals surface area (Å²) in [6.07, 6.45) is 8.80. The Bertz CT molecular complexity index is 735. The zero-order valence-corrected chi connectivity index (χ0v) is 11.6. The fraction of sp³-hybridized carbons (Fsp3) is 0.308. The van der Waals surface area contributed by atoms with Crippen LogP contribution in [0.1, 0.15) is 6.92 Å². The summed E-state index contributed by atoms with van der Waals surface area (Å²) >= 11 is 0. The molecule has 0 unspecified atom stereocenters. The molecule has 110 valence electrons. The first-order chi connectivity index (χ1) is 10.3. The Morgan fingerprint density at radius 1 is 1.33 bits per heavy atom. The molecule has 3 aromatic rings. The molecule has 0 saturated heterocycles. The molecule has 2 N–H and O–H groups in total. The highest BCUT2D eigenvalue weighted by Crippen LogP contribution is 2.22. The summed E-state index contributed by atoms with van der Waals surface area (Å²) in [4.78, 5) is 15.3. The molecule has 0 aromatic carbocycles. The molecule has 0 radical (unpaired) electrons. The summed E-state index contributed by atoms with van der Waals surface area (Å²) in [5, 5.41) is 16.1. The summed E-state index contributed by atoms with van der Waals surface area (Å²) in [6, 6.07) is 0. The zero-order valence-electron chi connectivity index (χ0n) is 11.6. The van der Waals surface area contributed by atoms with Crippen LogP contribution in [-0.2, 0) is 0 Å². The molecule has 0 atom stereocenters. The van der Waals surface area contributed by atoms with E-state index in [9.17, 15) is 0 Å². The molecular formula is C13H16N6O2. The first kappa shape index (κ1) is 13.4. The molecule has 0 bridgehead atoms. The fourth-order valence-corrected chi connectivity index (χ4v) is 2.07. The maximum Gasteiger partial charge on any atom is 0.180 e. The summed E-state index contributed by atoms with van der Waals surface area (Å²) in [6.45, 7) is 2.92. The van der Waals surface area contributed by atoms with Crippen LogP contribution in [-0.4, -0.2) is 49.2 Å². The number of hydrogen-bond donors (Lipinski definition) is 2. The molecule has 0 spiro atoms. The van der Waals surface area contributed by atoms with Crippen molar-refractivity contribution in [2.75, 3.05) is 25.1 Å². The van der Waals surface area contributed by atoms with Gasteiger partial charge in [-0.1, -0.05) is 0 Å². The van der Waals surface area contributed by atoms with E-state index in [-0.39, 0.29) is 6.61 Å². The number of nitrogens with one attached hydrogen (secondary N) is 1. The van der Waals surface area contributed by atoms with Crippen LogP contribution < -0.4 is 10.2 Å². The molecule has 0 aliphatic heterocycles. The van der Waals surface area contributed by atoms with Crippen molar-refractivity contribution < 1.29 is 9.94 Å². The smallest absolute Gasteiger partial charge is 0.180 e. The molecule has 0 saturated carbocycles. The van der Waals surface area contributed by atoms with E-state index in [1.165, 1.54) is 4.85 Å². The molecule has 0 aliphatic rings. The summed E-state index contributed by atoms with van der Waals surface area (Å²) in [5.74, 6) is 0.634. The van der Waals surface area contributed by atoms with Crippen LogP contribution in [0.25, 0.3) is 16.9 Å². The standard InChI is InChI=1S/C13H16N6O2/c1-2-21-19-9-10(7-17-19)11-8-16-13-12(15-4-6-20)14-3-5-18(11)13/h3,5,7-9,20H,2,4,6H2,1H3,(H,14,15). The Hall–Kier alpha value is -2.61. The molecule has 21 heavy (non-hydrogen) atoms. The van der Waals surface area contributed by atoms with E-state index >= 15 is 0 Å². The highest BCUT2D eigenvalue weighted by atomic mass is 16.7. The second-order valence-corrected chi connectivity index (χ2v) is 4.31. The van der Waals surface area contributed by atoms with E-state index in [4.69, 9.17) is 9.94 Å². The minimum absolute atomic E-state index is 0.0391. The van der Waals surface area contributed by atoms with Gasteiger partial charge in [-0.25, -0.2) is 9.97 Å². The number of aromatic nitrogens is 5. The second kappa shape index (κ2) is 5.80. The van der Waals surface area contributed by atoms with Gasteiger partial charge in [0.25, 0.3) is 0 Å². The minimum atomic E-state index is 0.0391. The molecule has 3 aromatic heterocycles. The summed E-state index contributed by atoms with van der Waals surface area (Å²) in [5.41, 5.74) is 2.49. The van der Waals surface area contributed by atoms with Crippen LogP contribution in [0.5, 0.6) is 0 Å². The number of hydrogen-bond acceptors (Lipinski definition) is 6. The molecule has 0 aliphatic carbocycles. The van der Waals surface area contributed by atoms with Crippen LogP contribution in [0.15, 0.2) is 31.0 Å². The van der Waals surface area contributed by atoms with E-state index in [2.05, 4.69) is 20.4 Å². The van der Waals surface area contributed by atoms with Gasteiger partial charge in [0, 0.05) is 24.5 Å². The van der Waals surface area contributed by atoms with Crippen molar-refractivity contribution in [2.45, 2.75) is 6.92 Å². The average Bonchev–Trinajstić information content (AvgIpc) is 3.12. The number of aliphatic hydroxyl groups is 1. The van der Waals surface area contributed by atoms with Gasteiger partial charge in [0.15, 0.2) is 11.5 Å². The first-order valence-electron chi connectivity index (χ1n) is 6.68. The summed E-state index contributed by atoms with van der Waals surface area (Å²) in [7, 11) is 0. The third kappa shape index (κ3) is 2.52. The monoisotopic (exact) mass is 288 g/mol. The van der Waals surface area contributed by atoms with Gasteiger partial charge in [0.1, 0.15) is 6.61 Å². The normalized spacial score (nSPS) is 11.0. The number of rotatable bonds is 6. The van der Waals surface area contributed by atoms with Gasteiger partial charge in [-0.2, -0.15) is 0 Å². The van der Waals surface area contributed by atoms with Gasteiger partial charge in [-0.15, -0.1) is 9.94 Å². The van der Waals surface area contributed by atoms with Gasteiger partial charge in [-0.3, -0.25) is 4.40 Å². The molecule has 3 heterocycles. The highest BCUT2D eigenvalue weighted by Gasteiger charge is 2.11. The third-order valence-electron chi connectivity index (χ3n) is 2.95.